The van der Waals surface area contributed by atoms with E-state index in [-0.39, 0.29) is 12.5 Å². The molecule has 0 aliphatic carbocycles. The van der Waals surface area contributed by atoms with E-state index < -0.39 is 5.97 Å². The summed E-state index contributed by atoms with van der Waals surface area (Å²) in [6.45, 7) is 5.62. The number of halogens is 1. The van der Waals surface area contributed by atoms with Gasteiger partial charge >= 0.3 is 5.97 Å². The first-order valence-electron chi connectivity index (χ1n) is 12.2. The maximum Gasteiger partial charge on any atom is 0.343 e. The van der Waals surface area contributed by atoms with E-state index in [4.69, 9.17) is 4.74 Å². The molecule has 1 amide bonds. The second kappa shape index (κ2) is 12.9. The van der Waals surface area contributed by atoms with Crippen molar-refractivity contribution in [3.8, 4) is 22.7 Å². The lowest BCUT2D eigenvalue weighted by molar-refractivity contribution is -0.142. The molecule has 198 valence electrons. The number of nitrogens with zero attached hydrogens (tertiary/aromatic N) is 2. The Balaban J connectivity index is 1.46. The number of carbonyl (C=O) groups is 2. The van der Waals surface area contributed by atoms with E-state index in [1.165, 1.54) is 7.11 Å². The Bertz CT molecular complexity index is 1510. The molecule has 0 bridgehead atoms. The van der Waals surface area contributed by atoms with E-state index >= 15 is 0 Å². The highest BCUT2D eigenvalue weighted by Crippen LogP contribution is 2.31. The first-order chi connectivity index (χ1) is 18.9. The first kappa shape index (κ1) is 27.6. The molecule has 0 atom stereocenters. The molecule has 4 rings (SSSR count). The van der Waals surface area contributed by atoms with Crippen LogP contribution in [0.2, 0.25) is 0 Å². The van der Waals surface area contributed by atoms with Crippen molar-refractivity contribution in [2.24, 2.45) is 5.10 Å². The Hall–Kier alpha value is -4.43. The summed E-state index contributed by atoms with van der Waals surface area (Å²) in [5.74, 6) is -0.281. The van der Waals surface area contributed by atoms with Gasteiger partial charge < -0.3 is 14.0 Å². The highest BCUT2D eigenvalue weighted by molar-refractivity contribution is 9.10. The van der Waals surface area contributed by atoms with Crippen LogP contribution in [-0.2, 0) is 16.0 Å². The Morgan fingerprint density at radius 3 is 2.49 bits per heavy atom. The predicted octanol–water partition coefficient (Wildman–Crippen LogP) is 6.26. The summed E-state index contributed by atoms with van der Waals surface area (Å²) in [6, 6.07) is 25.4. The first-order valence-corrected chi connectivity index (χ1v) is 13.0. The lowest BCUT2D eigenvalue weighted by atomic mass is 10.1. The SMILES string of the molecule is C=CCc1cc(/C=N/NC(=O)c2ccc(-n3c(C)ccc3-c3ccccc3)cc2)cc(Br)c1OCC(=O)OC. The fourth-order valence-electron chi connectivity index (χ4n) is 4.11. The minimum atomic E-state index is -0.479. The van der Waals surface area contributed by atoms with E-state index in [0.29, 0.717) is 22.2 Å². The maximum atomic E-state index is 12.7. The molecule has 39 heavy (non-hydrogen) atoms. The van der Waals surface area contributed by atoms with Crippen molar-refractivity contribution in [1.82, 2.24) is 9.99 Å². The lowest BCUT2D eigenvalue weighted by Crippen LogP contribution is -2.17. The van der Waals surface area contributed by atoms with Crippen molar-refractivity contribution < 1.29 is 19.1 Å². The number of nitrogens with one attached hydrogen (secondary N) is 1. The molecule has 0 saturated carbocycles. The second-order valence-electron chi connectivity index (χ2n) is 8.66. The molecule has 1 heterocycles. The number of hydrogen-bond donors (Lipinski definition) is 1. The summed E-state index contributed by atoms with van der Waals surface area (Å²) < 4.78 is 13.1. The average molecular weight is 586 g/mol. The molecule has 0 aliphatic heterocycles. The van der Waals surface area contributed by atoms with Crippen LogP contribution in [0.4, 0.5) is 0 Å². The third kappa shape index (κ3) is 6.72. The van der Waals surface area contributed by atoms with E-state index in [2.05, 4.69) is 73.5 Å². The van der Waals surface area contributed by atoms with Gasteiger partial charge in [0.2, 0.25) is 0 Å². The van der Waals surface area contributed by atoms with Gasteiger partial charge in [-0.15, -0.1) is 6.58 Å². The van der Waals surface area contributed by atoms with E-state index in [1.807, 2.05) is 36.4 Å². The van der Waals surface area contributed by atoms with Crippen LogP contribution in [-0.4, -0.2) is 36.4 Å². The summed E-state index contributed by atoms with van der Waals surface area (Å²) >= 11 is 3.48. The van der Waals surface area contributed by atoms with Gasteiger partial charge in [-0.2, -0.15) is 5.10 Å². The largest absolute Gasteiger partial charge is 0.480 e. The average Bonchev–Trinajstić information content (AvgIpc) is 3.34. The van der Waals surface area contributed by atoms with Crippen molar-refractivity contribution in [3.05, 3.63) is 118 Å². The van der Waals surface area contributed by atoms with Crippen LogP contribution in [0.5, 0.6) is 5.75 Å². The third-order valence-corrected chi connectivity index (χ3v) is 6.57. The van der Waals surface area contributed by atoms with Crippen LogP contribution in [0.1, 0.15) is 27.2 Å². The molecule has 0 radical (unpaired) electrons. The topological polar surface area (TPSA) is 81.9 Å². The number of esters is 1. The van der Waals surface area contributed by atoms with E-state index in [0.717, 1.165) is 33.8 Å². The molecule has 4 aromatic rings. The number of aromatic nitrogens is 1. The van der Waals surface area contributed by atoms with Gasteiger partial charge in [0.05, 0.1) is 23.5 Å². The number of aryl methyl sites for hydroxylation is 1. The van der Waals surface area contributed by atoms with Gasteiger partial charge in [-0.25, -0.2) is 10.2 Å². The van der Waals surface area contributed by atoms with Crippen LogP contribution in [0.15, 0.2) is 101 Å². The molecule has 0 saturated heterocycles. The van der Waals surface area contributed by atoms with Crippen molar-refractivity contribution in [2.45, 2.75) is 13.3 Å². The summed E-state index contributed by atoms with van der Waals surface area (Å²) in [4.78, 5) is 24.2. The molecular weight excluding hydrogens is 558 g/mol. The standard InChI is InChI=1S/C31H28BrN3O4/c1-4-8-25-17-22(18-27(32)30(25)39-20-29(36)38-3)19-33-34-31(37)24-12-14-26(15-13-24)35-21(2)11-16-28(35)23-9-6-5-7-10-23/h4-7,9-19H,1,8,20H2,2-3H3,(H,34,37)/b33-19+. The highest BCUT2D eigenvalue weighted by atomic mass is 79.9. The van der Waals surface area contributed by atoms with Crippen molar-refractivity contribution >= 4 is 34.0 Å². The van der Waals surface area contributed by atoms with Crippen LogP contribution >= 0.6 is 15.9 Å². The number of rotatable bonds is 10. The predicted molar refractivity (Wildman–Crippen MR) is 157 cm³/mol. The van der Waals surface area contributed by atoms with Gasteiger partial charge in [-0.1, -0.05) is 36.4 Å². The molecular formula is C31H28BrN3O4. The molecule has 7 nitrogen and oxygen atoms in total. The Kier molecular flexibility index (Phi) is 9.12. The molecule has 0 unspecified atom stereocenters. The summed E-state index contributed by atoms with van der Waals surface area (Å²) in [5, 5.41) is 4.13. The zero-order valence-corrected chi connectivity index (χ0v) is 23.3. The summed E-state index contributed by atoms with van der Waals surface area (Å²) in [6.07, 6.45) is 3.79. The van der Waals surface area contributed by atoms with Crippen molar-refractivity contribution in [3.63, 3.8) is 0 Å². The van der Waals surface area contributed by atoms with Crippen molar-refractivity contribution in [1.29, 1.82) is 0 Å². The molecule has 8 heteroatoms. The second-order valence-corrected chi connectivity index (χ2v) is 9.51. The zero-order chi connectivity index (χ0) is 27.8. The number of carbonyl (C=O) groups excluding carboxylic acids is 2. The summed E-state index contributed by atoms with van der Waals surface area (Å²) in [5.41, 5.74) is 8.87. The monoisotopic (exact) mass is 585 g/mol. The molecule has 0 spiro atoms. The quantitative estimate of drug-likeness (QED) is 0.103. The van der Waals surface area contributed by atoms with Crippen LogP contribution in [0.3, 0.4) is 0 Å². The minimum absolute atomic E-state index is 0.209. The normalized spacial score (nSPS) is 10.8. The maximum absolute atomic E-state index is 12.7. The zero-order valence-electron chi connectivity index (χ0n) is 21.7. The number of ether oxygens (including phenoxy) is 2. The van der Waals surface area contributed by atoms with Gasteiger partial charge in [0.1, 0.15) is 5.75 Å². The van der Waals surface area contributed by atoms with Crippen molar-refractivity contribution in [2.75, 3.05) is 13.7 Å². The van der Waals surface area contributed by atoms with Gasteiger partial charge in [-0.05, 0) is 94.5 Å². The van der Waals surface area contributed by atoms with Gasteiger partial charge in [0, 0.05) is 16.9 Å². The number of allylic oxidation sites excluding steroid dienone is 1. The van der Waals surface area contributed by atoms with Gasteiger partial charge in [0.15, 0.2) is 6.61 Å². The van der Waals surface area contributed by atoms with Crippen LogP contribution in [0.25, 0.3) is 16.9 Å². The van der Waals surface area contributed by atoms with Crippen LogP contribution < -0.4 is 10.2 Å². The van der Waals surface area contributed by atoms with Gasteiger partial charge in [0.25, 0.3) is 5.91 Å². The fraction of sp³-hybridized carbons (Fsp3) is 0.129. The third-order valence-electron chi connectivity index (χ3n) is 5.98. The molecule has 0 aliphatic rings. The number of hydrazone groups is 1. The van der Waals surface area contributed by atoms with Gasteiger partial charge in [-0.3, -0.25) is 4.79 Å². The minimum Gasteiger partial charge on any atom is -0.480 e. The van der Waals surface area contributed by atoms with E-state index in [1.54, 1.807) is 30.5 Å². The Morgan fingerprint density at radius 2 is 1.79 bits per heavy atom. The Morgan fingerprint density at radius 1 is 1.05 bits per heavy atom. The molecule has 1 N–H and O–H groups in total. The molecule has 3 aromatic carbocycles. The number of methoxy groups -OCH3 is 1. The summed E-state index contributed by atoms with van der Waals surface area (Å²) in [7, 11) is 1.30. The number of hydrogen-bond acceptors (Lipinski definition) is 5. The van der Waals surface area contributed by atoms with E-state index in [9.17, 15) is 9.59 Å². The molecule has 0 fully saturated rings. The van der Waals surface area contributed by atoms with Crippen LogP contribution in [0, 0.1) is 6.92 Å². The lowest BCUT2D eigenvalue weighted by Gasteiger charge is -2.13. The highest BCUT2D eigenvalue weighted by Gasteiger charge is 2.13. The molecule has 1 aromatic heterocycles. The smallest absolute Gasteiger partial charge is 0.343 e. The number of benzene rings is 3. The Labute approximate surface area is 235 Å². The number of amides is 1. The fourth-order valence-corrected chi connectivity index (χ4v) is 4.75.